The molecule has 0 saturated carbocycles. The van der Waals surface area contributed by atoms with Crippen LogP contribution in [-0.4, -0.2) is 15.7 Å². The third-order valence-electron chi connectivity index (χ3n) is 2.96. The van der Waals surface area contributed by atoms with Gasteiger partial charge in [-0.25, -0.2) is 9.37 Å². The van der Waals surface area contributed by atoms with Gasteiger partial charge >= 0.3 is 0 Å². The van der Waals surface area contributed by atoms with Crippen molar-refractivity contribution < 1.29 is 9.13 Å². The SMILES string of the molecule is Cc1ncn(-c2cc(OC(C)C)c(F)cc2N)c1C. The van der Waals surface area contributed by atoms with Gasteiger partial charge in [-0.1, -0.05) is 0 Å². The molecule has 0 aliphatic rings. The molecule has 2 rings (SSSR count). The predicted octanol–water partition coefficient (Wildman–Crippen LogP) is 3.00. The fraction of sp³-hybridized carbons (Fsp3) is 0.357. The number of ether oxygens (including phenoxy) is 1. The van der Waals surface area contributed by atoms with Crippen molar-refractivity contribution >= 4 is 5.69 Å². The highest BCUT2D eigenvalue weighted by atomic mass is 19.1. The van der Waals surface area contributed by atoms with Gasteiger partial charge in [0.1, 0.15) is 0 Å². The van der Waals surface area contributed by atoms with E-state index in [4.69, 9.17) is 10.5 Å². The topological polar surface area (TPSA) is 53.1 Å². The summed E-state index contributed by atoms with van der Waals surface area (Å²) in [5.41, 5.74) is 8.80. The lowest BCUT2D eigenvalue weighted by molar-refractivity contribution is 0.231. The van der Waals surface area contributed by atoms with E-state index < -0.39 is 5.82 Å². The average molecular weight is 263 g/mol. The number of aryl methyl sites for hydroxylation is 1. The Kier molecular flexibility index (Phi) is 3.46. The van der Waals surface area contributed by atoms with Gasteiger partial charge in [-0.2, -0.15) is 0 Å². The van der Waals surface area contributed by atoms with Gasteiger partial charge < -0.3 is 15.0 Å². The molecule has 5 heteroatoms. The number of rotatable bonds is 3. The highest BCUT2D eigenvalue weighted by Gasteiger charge is 2.14. The van der Waals surface area contributed by atoms with E-state index in [0.29, 0.717) is 11.4 Å². The molecule has 0 amide bonds. The lowest BCUT2D eigenvalue weighted by atomic mass is 10.2. The molecule has 19 heavy (non-hydrogen) atoms. The van der Waals surface area contributed by atoms with Gasteiger partial charge in [-0.15, -0.1) is 0 Å². The smallest absolute Gasteiger partial charge is 0.167 e. The van der Waals surface area contributed by atoms with Crippen molar-refractivity contribution in [2.24, 2.45) is 0 Å². The summed E-state index contributed by atoms with van der Waals surface area (Å²) >= 11 is 0. The first-order valence-corrected chi connectivity index (χ1v) is 6.16. The lowest BCUT2D eigenvalue weighted by Crippen LogP contribution is -2.09. The first-order valence-electron chi connectivity index (χ1n) is 6.16. The van der Waals surface area contributed by atoms with E-state index in [2.05, 4.69) is 4.98 Å². The number of hydrogen-bond acceptors (Lipinski definition) is 3. The highest BCUT2D eigenvalue weighted by Crippen LogP contribution is 2.29. The first kappa shape index (κ1) is 13.4. The Balaban J connectivity index is 2.54. The van der Waals surface area contributed by atoms with Crippen LogP contribution in [0.1, 0.15) is 25.2 Å². The quantitative estimate of drug-likeness (QED) is 0.866. The molecule has 0 aliphatic carbocycles. The molecule has 4 nitrogen and oxygen atoms in total. The maximum Gasteiger partial charge on any atom is 0.167 e. The minimum Gasteiger partial charge on any atom is -0.488 e. The zero-order chi connectivity index (χ0) is 14.2. The normalized spacial score (nSPS) is 11.1. The van der Waals surface area contributed by atoms with E-state index in [1.807, 2.05) is 32.3 Å². The summed E-state index contributed by atoms with van der Waals surface area (Å²) in [6.07, 6.45) is 1.57. The molecule has 0 bridgehead atoms. The fourth-order valence-electron chi connectivity index (χ4n) is 1.85. The van der Waals surface area contributed by atoms with Gasteiger partial charge in [0, 0.05) is 17.8 Å². The minimum atomic E-state index is -0.454. The number of imidazole rings is 1. The van der Waals surface area contributed by atoms with Crippen LogP contribution in [0, 0.1) is 19.7 Å². The first-order chi connectivity index (χ1) is 8.90. The number of nitrogens with zero attached hydrogens (tertiary/aromatic N) is 2. The van der Waals surface area contributed by atoms with Crippen molar-refractivity contribution in [1.82, 2.24) is 9.55 Å². The van der Waals surface area contributed by atoms with Gasteiger partial charge in [0.25, 0.3) is 0 Å². The zero-order valence-electron chi connectivity index (χ0n) is 11.6. The van der Waals surface area contributed by atoms with E-state index in [1.165, 1.54) is 6.07 Å². The second-order valence-corrected chi connectivity index (χ2v) is 4.79. The van der Waals surface area contributed by atoms with E-state index in [-0.39, 0.29) is 11.9 Å². The molecular weight excluding hydrogens is 245 g/mol. The summed E-state index contributed by atoms with van der Waals surface area (Å²) in [6.45, 7) is 7.55. The maximum absolute atomic E-state index is 13.8. The van der Waals surface area contributed by atoms with Crippen LogP contribution in [0.5, 0.6) is 5.75 Å². The third kappa shape index (κ3) is 2.54. The molecule has 0 fully saturated rings. The number of hydrogen-bond donors (Lipinski definition) is 1. The van der Waals surface area contributed by atoms with Gasteiger partial charge in [0.2, 0.25) is 0 Å². The van der Waals surface area contributed by atoms with Gasteiger partial charge in [-0.3, -0.25) is 0 Å². The Bertz CT molecular complexity index is 605. The summed E-state index contributed by atoms with van der Waals surface area (Å²) in [7, 11) is 0. The monoisotopic (exact) mass is 263 g/mol. The molecule has 0 spiro atoms. The molecule has 0 unspecified atom stereocenters. The molecular formula is C14H18FN3O. The van der Waals surface area contributed by atoms with E-state index in [9.17, 15) is 4.39 Å². The van der Waals surface area contributed by atoms with Crippen molar-refractivity contribution in [1.29, 1.82) is 0 Å². The molecule has 0 atom stereocenters. The number of benzene rings is 1. The number of anilines is 1. The van der Waals surface area contributed by atoms with E-state index in [0.717, 1.165) is 11.4 Å². The molecule has 0 saturated heterocycles. The molecule has 0 aliphatic heterocycles. The molecule has 0 radical (unpaired) electrons. The number of halogens is 1. The molecule has 1 aromatic carbocycles. The number of nitrogen functional groups attached to an aromatic ring is 1. The van der Waals surface area contributed by atoms with Crippen LogP contribution in [0.25, 0.3) is 5.69 Å². The third-order valence-corrected chi connectivity index (χ3v) is 2.96. The van der Waals surface area contributed by atoms with Crippen molar-refractivity contribution in [3.63, 3.8) is 0 Å². The summed E-state index contributed by atoms with van der Waals surface area (Å²) in [6, 6.07) is 2.89. The number of aromatic nitrogens is 2. The number of nitrogens with two attached hydrogens (primary N) is 1. The second kappa shape index (κ2) is 4.91. The Labute approximate surface area is 112 Å². The molecule has 2 aromatic rings. The fourth-order valence-corrected chi connectivity index (χ4v) is 1.85. The molecule has 1 heterocycles. The van der Waals surface area contributed by atoms with Crippen LogP contribution in [0.15, 0.2) is 18.5 Å². The summed E-state index contributed by atoms with van der Waals surface area (Å²) in [5.74, 6) is -0.255. The van der Waals surface area contributed by atoms with Gasteiger partial charge in [0.15, 0.2) is 11.6 Å². The Morgan fingerprint density at radius 1 is 1.32 bits per heavy atom. The van der Waals surface area contributed by atoms with Gasteiger partial charge in [-0.05, 0) is 27.7 Å². The molecule has 1 aromatic heterocycles. The summed E-state index contributed by atoms with van der Waals surface area (Å²) in [4.78, 5) is 4.22. The van der Waals surface area contributed by atoms with Crippen molar-refractivity contribution in [2.45, 2.75) is 33.8 Å². The van der Waals surface area contributed by atoms with Crippen molar-refractivity contribution in [2.75, 3.05) is 5.73 Å². The lowest BCUT2D eigenvalue weighted by Gasteiger charge is -2.15. The Morgan fingerprint density at radius 3 is 2.53 bits per heavy atom. The zero-order valence-corrected chi connectivity index (χ0v) is 11.6. The second-order valence-electron chi connectivity index (χ2n) is 4.79. The Hall–Kier alpha value is -2.04. The van der Waals surface area contributed by atoms with Crippen molar-refractivity contribution in [3.05, 3.63) is 35.7 Å². The van der Waals surface area contributed by atoms with E-state index in [1.54, 1.807) is 12.4 Å². The maximum atomic E-state index is 13.8. The summed E-state index contributed by atoms with van der Waals surface area (Å²) in [5, 5.41) is 0. The highest BCUT2D eigenvalue weighted by molar-refractivity contribution is 5.61. The van der Waals surface area contributed by atoms with E-state index >= 15 is 0 Å². The van der Waals surface area contributed by atoms with Crippen LogP contribution in [0.4, 0.5) is 10.1 Å². The predicted molar refractivity (Wildman–Crippen MR) is 73.2 cm³/mol. The van der Waals surface area contributed by atoms with Crippen LogP contribution in [-0.2, 0) is 0 Å². The molecule has 102 valence electrons. The van der Waals surface area contributed by atoms with Crippen LogP contribution in [0.2, 0.25) is 0 Å². The standard InChI is InChI=1S/C14H18FN3O/c1-8(2)19-14-6-13(12(16)5-11(14)15)18-7-17-9(3)10(18)4/h5-8H,16H2,1-4H3. The summed E-state index contributed by atoms with van der Waals surface area (Å²) < 4.78 is 21.1. The van der Waals surface area contributed by atoms with Gasteiger partial charge in [0.05, 0.1) is 29.5 Å². The largest absolute Gasteiger partial charge is 0.488 e. The van der Waals surface area contributed by atoms with Crippen LogP contribution >= 0.6 is 0 Å². The Morgan fingerprint density at radius 2 is 2.00 bits per heavy atom. The minimum absolute atomic E-state index is 0.100. The van der Waals surface area contributed by atoms with Crippen LogP contribution < -0.4 is 10.5 Å². The average Bonchev–Trinajstić information content (AvgIpc) is 2.63. The van der Waals surface area contributed by atoms with Crippen molar-refractivity contribution in [3.8, 4) is 11.4 Å². The molecule has 2 N–H and O–H groups in total. The van der Waals surface area contributed by atoms with Crippen LogP contribution in [0.3, 0.4) is 0 Å².